The lowest BCUT2D eigenvalue weighted by molar-refractivity contribution is 0.196. The van der Waals surface area contributed by atoms with Gasteiger partial charge in [-0.25, -0.2) is 4.98 Å². The van der Waals surface area contributed by atoms with Crippen LogP contribution in [0.4, 0.5) is 0 Å². The van der Waals surface area contributed by atoms with E-state index < -0.39 is 0 Å². The van der Waals surface area contributed by atoms with Crippen LogP contribution in [0.2, 0.25) is 0 Å². The summed E-state index contributed by atoms with van der Waals surface area (Å²) in [5, 5.41) is 8.14. The summed E-state index contributed by atoms with van der Waals surface area (Å²) in [5.74, 6) is 0.890. The van der Waals surface area contributed by atoms with Crippen LogP contribution in [0.3, 0.4) is 0 Å². The lowest BCUT2D eigenvalue weighted by atomic mass is 10.0. The lowest BCUT2D eigenvalue weighted by Crippen LogP contribution is -2.48. The van der Waals surface area contributed by atoms with Crippen molar-refractivity contribution < 1.29 is 0 Å². The molecule has 3 heterocycles. The molecule has 0 bridgehead atoms. The highest BCUT2D eigenvalue weighted by Gasteiger charge is 2.20. The molecule has 0 radical (unpaired) electrons. The molecule has 1 aliphatic rings. The smallest absolute Gasteiger partial charge is 0.191 e. The minimum atomic E-state index is 0.475. The first kappa shape index (κ1) is 18.8. The van der Waals surface area contributed by atoms with Gasteiger partial charge in [0.2, 0.25) is 0 Å². The van der Waals surface area contributed by atoms with Crippen LogP contribution in [0.1, 0.15) is 28.4 Å². The second kappa shape index (κ2) is 9.64. The number of pyridine rings is 1. The summed E-state index contributed by atoms with van der Waals surface area (Å²) < 4.78 is 0. The molecule has 0 spiro atoms. The number of rotatable bonds is 6. The summed E-state index contributed by atoms with van der Waals surface area (Å²) in [6.07, 6.45) is 6.98. The topological polar surface area (TPSA) is 65.4 Å². The van der Waals surface area contributed by atoms with Crippen molar-refractivity contribution in [3.8, 4) is 0 Å². The van der Waals surface area contributed by atoms with Crippen molar-refractivity contribution in [2.45, 2.75) is 38.8 Å². The highest BCUT2D eigenvalue weighted by molar-refractivity contribution is 7.11. The maximum atomic E-state index is 4.42. The van der Waals surface area contributed by atoms with Gasteiger partial charge in [0.25, 0.3) is 0 Å². The molecular formula is C19H28N6S. The maximum Gasteiger partial charge on any atom is 0.191 e. The number of hydrogen-bond acceptors (Lipinski definition) is 5. The Hall–Kier alpha value is -1.99. The summed E-state index contributed by atoms with van der Waals surface area (Å²) in [6, 6.07) is 6.59. The Morgan fingerprint density at radius 2 is 2.15 bits per heavy atom. The van der Waals surface area contributed by atoms with E-state index >= 15 is 0 Å². The minimum absolute atomic E-state index is 0.475. The Labute approximate surface area is 159 Å². The summed E-state index contributed by atoms with van der Waals surface area (Å²) in [5.41, 5.74) is 1.15. The Morgan fingerprint density at radius 1 is 1.31 bits per heavy atom. The molecule has 3 rings (SSSR count). The lowest BCUT2D eigenvalue weighted by Gasteiger charge is -2.32. The molecule has 26 heavy (non-hydrogen) atoms. The SMILES string of the molecule is CN=C(NCCc1ncc(C)s1)NC1CCN(Cc2ccccn2)CC1. The molecule has 2 aromatic heterocycles. The van der Waals surface area contributed by atoms with E-state index in [0.29, 0.717) is 6.04 Å². The number of nitrogens with zero attached hydrogens (tertiary/aromatic N) is 4. The highest BCUT2D eigenvalue weighted by Crippen LogP contribution is 2.13. The van der Waals surface area contributed by atoms with Gasteiger partial charge in [-0.1, -0.05) is 6.07 Å². The van der Waals surface area contributed by atoms with Crippen LogP contribution in [0.15, 0.2) is 35.6 Å². The molecule has 0 aliphatic carbocycles. The standard InChI is InChI=1S/C19H28N6S/c1-15-13-23-18(26-15)6-10-22-19(20-2)24-16-7-11-25(12-8-16)14-17-5-3-4-9-21-17/h3-5,9,13,16H,6-8,10-12,14H2,1-2H3,(H2,20,22,24). The van der Waals surface area contributed by atoms with Crippen LogP contribution in [0.5, 0.6) is 0 Å². The van der Waals surface area contributed by atoms with Crippen molar-refractivity contribution in [2.24, 2.45) is 4.99 Å². The molecule has 6 nitrogen and oxygen atoms in total. The zero-order chi connectivity index (χ0) is 18.2. The number of aliphatic imine (C=N–C) groups is 1. The van der Waals surface area contributed by atoms with Gasteiger partial charge in [0.1, 0.15) is 0 Å². The van der Waals surface area contributed by atoms with E-state index in [0.717, 1.165) is 57.1 Å². The van der Waals surface area contributed by atoms with E-state index in [1.165, 1.54) is 9.88 Å². The predicted octanol–water partition coefficient (Wildman–Crippen LogP) is 2.22. The predicted molar refractivity (Wildman–Crippen MR) is 108 cm³/mol. The van der Waals surface area contributed by atoms with Gasteiger partial charge < -0.3 is 10.6 Å². The van der Waals surface area contributed by atoms with Crippen molar-refractivity contribution in [2.75, 3.05) is 26.7 Å². The van der Waals surface area contributed by atoms with E-state index in [1.807, 2.05) is 25.5 Å². The van der Waals surface area contributed by atoms with E-state index in [9.17, 15) is 0 Å². The van der Waals surface area contributed by atoms with Gasteiger partial charge >= 0.3 is 0 Å². The molecule has 0 saturated carbocycles. The third kappa shape index (κ3) is 5.78. The molecule has 140 valence electrons. The average molecular weight is 373 g/mol. The van der Waals surface area contributed by atoms with E-state index in [-0.39, 0.29) is 0 Å². The number of aryl methyl sites for hydroxylation is 1. The number of thiazole rings is 1. The fourth-order valence-corrected chi connectivity index (χ4v) is 3.94. The first-order valence-electron chi connectivity index (χ1n) is 9.23. The Bertz CT molecular complexity index is 691. The summed E-state index contributed by atoms with van der Waals surface area (Å²) >= 11 is 1.76. The van der Waals surface area contributed by atoms with Crippen molar-refractivity contribution in [1.29, 1.82) is 0 Å². The number of likely N-dealkylation sites (tertiary alicyclic amines) is 1. The van der Waals surface area contributed by atoms with Crippen LogP contribution in [-0.2, 0) is 13.0 Å². The fraction of sp³-hybridized carbons (Fsp3) is 0.526. The number of aromatic nitrogens is 2. The monoisotopic (exact) mass is 372 g/mol. The number of guanidine groups is 1. The maximum absolute atomic E-state index is 4.42. The molecule has 0 unspecified atom stereocenters. The van der Waals surface area contributed by atoms with Crippen molar-refractivity contribution in [3.05, 3.63) is 46.2 Å². The summed E-state index contributed by atoms with van der Waals surface area (Å²) in [6.45, 7) is 6.06. The zero-order valence-electron chi connectivity index (χ0n) is 15.6. The quantitative estimate of drug-likeness (QED) is 0.601. The largest absolute Gasteiger partial charge is 0.356 e. The van der Waals surface area contributed by atoms with Gasteiger partial charge in [-0.15, -0.1) is 11.3 Å². The van der Waals surface area contributed by atoms with Crippen LogP contribution >= 0.6 is 11.3 Å². The Morgan fingerprint density at radius 3 is 2.81 bits per heavy atom. The van der Waals surface area contributed by atoms with E-state index in [1.54, 1.807) is 11.3 Å². The fourth-order valence-electron chi connectivity index (χ4n) is 3.15. The van der Waals surface area contributed by atoms with Gasteiger partial charge in [0, 0.05) is 63.0 Å². The zero-order valence-corrected chi connectivity index (χ0v) is 16.4. The van der Waals surface area contributed by atoms with Gasteiger partial charge in [-0.05, 0) is 31.9 Å². The molecule has 2 N–H and O–H groups in total. The van der Waals surface area contributed by atoms with Gasteiger partial charge in [-0.3, -0.25) is 14.9 Å². The molecule has 1 aliphatic heterocycles. The molecule has 0 aromatic carbocycles. The first-order valence-corrected chi connectivity index (χ1v) is 10.1. The van der Waals surface area contributed by atoms with Crippen LogP contribution in [-0.4, -0.2) is 53.6 Å². The van der Waals surface area contributed by atoms with Crippen LogP contribution in [0.25, 0.3) is 0 Å². The van der Waals surface area contributed by atoms with Gasteiger partial charge in [-0.2, -0.15) is 0 Å². The molecule has 1 saturated heterocycles. The van der Waals surface area contributed by atoms with Gasteiger partial charge in [0.05, 0.1) is 10.7 Å². The normalized spacial score (nSPS) is 16.6. The second-order valence-corrected chi connectivity index (χ2v) is 7.95. The molecular weight excluding hydrogens is 344 g/mol. The van der Waals surface area contributed by atoms with Crippen molar-refractivity contribution in [1.82, 2.24) is 25.5 Å². The van der Waals surface area contributed by atoms with E-state index in [2.05, 4.69) is 49.6 Å². The molecule has 7 heteroatoms. The Kier molecular flexibility index (Phi) is 6.96. The third-order valence-corrected chi connectivity index (χ3v) is 5.54. The second-order valence-electron chi connectivity index (χ2n) is 6.63. The number of hydrogen-bond donors (Lipinski definition) is 2. The van der Waals surface area contributed by atoms with Crippen LogP contribution < -0.4 is 10.6 Å². The first-order chi connectivity index (χ1) is 12.7. The Balaban J connectivity index is 1.37. The summed E-state index contributed by atoms with van der Waals surface area (Å²) in [4.78, 5) is 16.9. The molecule has 2 aromatic rings. The van der Waals surface area contributed by atoms with Crippen molar-refractivity contribution >= 4 is 17.3 Å². The average Bonchev–Trinajstić information content (AvgIpc) is 3.08. The number of piperidine rings is 1. The van der Waals surface area contributed by atoms with Crippen LogP contribution in [0, 0.1) is 6.92 Å². The van der Waals surface area contributed by atoms with Crippen molar-refractivity contribution in [3.63, 3.8) is 0 Å². The third-order valence-electron chi connectivity index (χ3n) is 4.56. The molecule has 1 fully saturated rings. The molecule has 0 amide bonds. The summed E-state index contributed by atoms with van der Waals surface area (Å²) in [7, 11) is 1.83. The van der Waals surface area contributed by atoms with E-state index in [4.69, 9.17) is 0 Å². The highest BCUT2D eigenvalue weighted by atomic mass is 32.1. The molecule has 0 atom stereocenters. The van der Waals surface area contributed by atoms with Gasteiger partial charge in [0.15, 0.2) is 5.96 Å². The minimum Gasteiger partial charge on any atom is -0.356 e. The number of nitrogens with one attached hydrogen (secondary N) is 2.